The van der Waals surface area contributed by atoms with E-state index in [1.54, 1.807) is 20.8 Å². The van der Waals surface area contributed by atoms with Crippen LogP contribution in [0.1, 0.15) is 89.0 Å². The number of halogens is 1. The molecular formula is C24H48ClN3O5. The van der Waals surface area contributed by atoms with Crippen molar-refractivity contribution in [1.82, 2.24) is 10.2 Å². The lowest BCUT2D eigenvalue weighted by atomic mass is 9.80. The third kappa shape index (κ3) is 13.2. The SMILES string of the molecule is CC(C)(C)OC(=O)N[C@H](CO)C(C)(C)C.CC1(C)CC(=O)N(C[C@@H](N)C(C)(C)C)C(=O)C1.Cl. The second-order valence-corrected chi connectivity index (χ2v) is 12.6. The Hall–Kier alpha value is -1.38. The number of imide groups is 1. The molecule has 0 aromatic rings. The smallest absolute Gasteiger partial charge is 0.407 e. The number of nitrogens with zero attached hydrogens (tertiary/aromatic N) is 1. The van der Waals surface area contributed by atoms with Crippen molar-refractivity contribution in [3.63, 3.8) is 0 Å². The molecular weight excluding hydrogens is 446 g/mol. The van der Waals surface area contributed by atoms with Crippen molar-refractivity contribution in [2.75, 3.05) is 13.2 Å². The predicted molar refractivity (Wildman–Crippen MR) is 134 cm³/mol. The highest BCUT2D eigenvalue weighted by Gasteiger charge is 2.39. The van der Waals surface area contributed by atoms with Crippen LogP contribution in [-0.4, -0.2) is 58.8 Å². The Morgan fingerprint density at radius 2 is 1.45 bits per heavy atom. The maximum Gasteiger partial charge on any atom is 0.407 e. The van der Waals surface area contributed by atoms with Gasteiger partial charge in [-0.05, 0) is 37.0 Å². The van der Waals surface area contributed by atoms with Crippen LogP contribution in [0.3, 0.4) is 0 Å². The quantitative estimate of drug-likeness (QED) is 0.511. The minimum Gasteiger partial charge on any atom is -0.444 e. The maximum absolute atomic E-state index is 11.9. The first-order chi connectivity index (χ1) is 14.1. The van der Waals surface area contributed by atoms with Crippen molar-refractivity contribution < 1.29 is 24.2 Å². The van der Waals surface area contributed by atoms with Gasteiger partial charge in [0.1, 0.15) is 5.60 Å². The molecule has 0 aliphatic carbocycles. The van der Waals surface area contributed by atoms with E-state index in [0.29, 0.717) is 19.4 Å². The van der Waals surface area contributed by atoms with E-state index in [1.807, 2.05) is 55.4 Å². The zero-order valence-corrected chi connectivity index (χ0v) is 23.3. The first kappa shape index (κ1) is 33.8. The van der Waals surface area contributed by atoms with E-state index in [9.17, 15) is 14.4 Å². The number of amides is 3. The lowest BCUT2D eigenvalue weighted by Crippen LogP contribution is -2.53. The minimum atomic E-state index is -0.512. The number of hydrogen-bond donors (Lipinski definition) is 3. The highest BCUT2D eigenvalue weighted by atomic mass is 35.5. The van der Waals surface area contributed by atoms with Crippen molar-refractivity contribution in [3.8, 4) is 0 Å². The van der Waals surface area contributed by atoms with Crippen LogP contribution in [-0.2, 0) is 14.3 Å². The molecule has 3 amide bonds. The Balaban J connectivity index is 0. The Bertz CT molecular complexity index is 640. The van der Waals surface area contributed by atoms with Gasteiger partial charge in [0.2, 0.25) is 11.8 Å². The van der Waals surface area contributed by atoms with Gasteiger partial charge in [-0.1, -0.05) is 55.4 Å². The second kappa shape index (κ2) is 12.4. The van der Waals surface area contributed by atoms with Gasteiger partial charge in [-0.15, -0.1) is 12.4 Å². The van der Waals surface area contributed by atoms with E-state index in [-0.39, 0.29) is 59.2 Å². The molecule has 9 heteroatoms. The van der Waals surface area contributed by atoms with Gasteiger partial charge in [-0.3, -0.25) is 14.5 Å². The van der Waals surface area contributed by atoms with E-state index >= 15 is 0 Å². The second-order valence-electron chi connectivity index (χ2n) is 12.6. The molecule has 8 nitrogen and oxygen atoms in total. The molecule has 196 valence electrons. The maximum atomic E-state index is 11.9. The average Bonchev–Trinajstić information content (AvgIpc) is 2.51. The van der Waals surface area contributed by atoms with Crippen LogP contribution in [0.5, 0.6) is 0 Å². The number of aliphatic hydroxyl groups excluding tert-OH is 1. The standard InChI is InChI=1S/C13H24N2O2.C11H23NO3.ClH/c1-12(2,3)9(14)8-15-10(16)6-13(4,5)7-11(15)17;1-10(2,3)8(7-13)12-9(14)15-11(4,5)6;/h9H,6-8,14H2,1-5H3;8,13H,7H2,1-6H3,(H,12,14);1H/t9-;8-;/m11./s1. The van der Waals surface area contributed by atoms with Gasteiger partial charge >= 0.3 is 6.09 Å². The van der Waals surface area contributed by atoms with E-state index in [4.69, 9.17) is 15.6 Å². The van der Waals surface area contributed by atoms with E-state index in [2.05, 4.69) is 5.32 Å². The Morgan fingerprint density at radius 1 is 1.03 bits per heavy atom. The van der Waals surface area contributed by atoms with Crippen molar-refractivity contribution in [2.24, 2.45) is 22.0 Å². The fraction of sp³-hybridized carbons (Fsp3) is 0.875. The highest BCUT2D eigenvalue weighted by molar-refractivity contribution is 5.98. The molecule has 1 aliphatic heterocycles. The third-order valence-corrected chi connectivity index (χ3v) is 5.27. The molecule has 1 fully saturated rings. The number of carbonyl (C=O) groups excluding carboxylic acids is 3. The number of hydrogen-bond acceptors (Lipinski definition) is 6. The number of nitrogens with one attached hydrogen (secondary N) is 1. The summed E-state index contributed by atoms with van der Waals surface area (Å²) in [6.07, 6.45) is 0.363. The number of piperidine rings is 1. The summed E-state index contributed by atoms with van der Waals surface area (Å²) in [5.74, 6) is -0.183. The zero-order chi connectivity index (χ0) is 25.7. The number of alkyl carbamates (subject to hydrolysis) is 1. The molecule has 0 aromatic carbocycles. The Labute approximate surface area is 206 Å². The lowest BCUT2D eigenvalue weighted by Gasteiger charge is -2.38. The van der Waals surface area contributed by atoms with E-state index in [1.165, 1.54) is 4.90 Å². The molecule has 33 heavy (non-hydrogen) atoms. The molecule has 4 N–H and O–H groups in total. The molecule has 1 heterocycles. The van der Waals surface area contributed by atoms with E-state index in [0.717, 1.165) is 0 Å². The van der Waals surface area contributed by atoms with Crippen LogP contribution >= 0.6 is 12.4 Å². The fourth-order valence-electron chi connectivity index (χ4n) is 2.87. The molecule has 0 aromatic heterocycles. The molecule has 1 saturated heterocycles. The number of nitrogens with two attached hydrogens (primary N) is 1. The molecule has 0 unspecified atom stereocenters. The number of carbonyl (C=O) groups is 3. The first-order valence-electron chi connectivity index (χ1n) is 11.3. The minimum absolute atomic E-state index is 0. The van der Waals surface area contributed by atoms with Crippen LogP contribution in [0.25, 0.3) is 0 Å². The number of aliphatic hydroxyl groups is 1. The number of likely N-dealkylation sites (tertiary alicyclic amines) is 1. The fourth-order valence-corrected chi connectivity index (χ4v) is 2.87. The summed E-state index contributed by atoms with van der Waals surface area (Å²) in [6, 6.07) is -0.482. The summed E-state index contributed by atoms with van der Waals surface area (Å²) in [5, 5.41) is 11.8. The largest absolute Gasteiger partial charge is 0.444 e. The summed E-state index contributed by atoms with van der Waals surface area (Å²) in [6.45, 7) is 21.4. The molecule has 2 atom stereocenters. The summed E-state index contributed by atoms with van der Waals surface area (Å²) < 4.78 is 5.10. The summed E-state index contributed by atoms with van der Waals surface area (Å²) in [4.78, 5) is 36.6. The number of rotatable bonds is 4. The van der Waals surface area contributed by atoms with Gasteiger partial charge in [0.05, 0.1) is 12.6 Å². The van der Waals surface area contributed by atoms with Gasteiger partial charge in [-0.25, -0.2) is 4.79 Å². The van der Waals surface area contributed by atoms with Gasteiger partial charge < -0.3 is 20.9 Å². The van der Waals surface area contributed by atoms with Gasteiger partial charge in [0.15, 0.2) is 0 Å². The summed E-state index contributed by atoms with van der Waals surface area (Å²) in [7, 11) is 0. The van der Waals surface area contributed by atoms with Crippen LogP contribution in [0.4, 0.5) is 4.79 Å². The van der Waals surface area contributed by atoms with Crippen molar-refractivity contribution in [3.05, 3.63) is 0 Å². The molecule has 0 spiro atoms. The van der Waals surface area contributed by atoms with Crippen molar-refractivity contribution in [1.29, 1.82) is 0 Å². The van der Waals surface area contributed by atoms with Crippen LogP contribution in [0.2, 0.25) is 0 Å². The Morgan fingerprint density at radius 3 is 1.76 bits per heavy atom. The zero-order valence-electron chi connectivity index (χ0n) is 22.5. The van der Waals surface area contributed by atoms with Gasteiger partial charge in [0.25, 0.3) is 0 Å². The van der Waals surface area contributed by atoms with Crippen molar-refractivity contribution in [2.45, 2.75) is 107 Å². The molecule has 0 bridgehead atoms. The lowest BCUT2D eigenvalue weighted by molar-refractivity contribution is -0.153. The summed E-state index contributed by atoms with van der Waals surface area (Å²) in [5.41, 5.74) is 5.01. The molecule has 1 aliphatic rings. The molecule has 0 saturated carbocycles. The normalized spacial score (nSPS) is 18.4. The van der Waals surface area contributed by atoms with Crippen LogP contribution in [0, 0.1) is 16.2 Å². The van der Waals surface area contributed by atoms with E-state index < -0.39 is 11.7 Å². The van der Waals surface area contributed by atoms with Gasteiger partial charge in [-0.2, -0.15) is 0 Å². The van der Waals surface area contributed by atoms with Crippen LogP contribution < -0.4 is 11.1 Å². The van der Waals surface area contributed by atoms with Gasteiger partial charge in [0, 0.05) is 25.4 Å². The van der Waals surface area contributed by atoms with Crippen molar-refractivity contribution >= 4 is 30.3 Å². The molecule has 0 radical (unpaired) electrons. The molecule has 1 rings (SSSR count). The topological polar surface area (TPSA) is 122 Å². The Kier molecular flexibility index (Phi) is 12.7. The number of ether oxygens (including phenoxy) is 1. The monoisotopic (exact) mass is 493 g/mol. The summed E-state index contributed by atoms with van der Waals surface area (Å²) >= 11 is 0. The predicted octanol–water partition coefficient (Wildman–Crippen LogP) is 3.87. The highest BCUT2D eigenvalue weighted by Crippen LogP contribution is 2.32. The van der Waals surface area contributed by atoms with Crippen LogP contribution in [0.15, 0.2) is 0 Å². The first-order valence-corrected chi connectivity index (χ1v) is 11.3. The third-order valence-electron chi connectivity index (χ3n) is 5.27. The average molecular weight is 494 g/mol.